The van der Waals surface area contributed by atoms with Gasteiger partial charge in [-0.1, -0.05) is 54.4 Å². The Labute approximate surface area is 212 Å². The van der Waals surface area contributed by atoms with Crippen LogP contribution in [-0.4, -0.2) is 31.7 Å². The number of nitrogens with one attached hydrogen (secondary N) is 1. The van der Waals surface area contributed by atoms with Crippen LogP contribution >= 0.6 is 23.2 Å². The van der Waals surface area contributed by atoms with E-state index in [9.17, 15) is 13.2 Å². The zero-order valence-corrected chi connectivity index (χ0v) is 21.9. The highest BCUT2D eigenvalue weighted by Crippen LogP contribution is 2.29. The fourth-order valence-electron chi connectivity index (χ4n) is 5.02. The molecule has 0 radical (unpaired) electrons. The highest BCUT2D eigenvalue weighted by atomic mass is 35.5. The predicted octanol–water partition coefficient (Wildman–Crippen LogP) is 5.68. The summed E-state index contributed by atoms with van der Waals surface area (Å²) >= 11 is 12.1. The number of halogens is 2. The molecule has 1 N–H and O–H groups in total. The Morgan fingerprint density at radius 1 is 1.09 bits per heavy atom. The lowest BCUT2D eigenvalue weighted by molar-refractivity contribution is -0.126. The van der Waals surface area contributed by atoms with Gasteiger partial charge < -0.3 is 5.32 Å². The SMILES string of the molecule is CC[C@H](NC(=O)[C@H]1CCCN(S(=O)(=O)Cc2ccc(Cl)cc2Cl)C1)c1ccc2c(c1)CCCC2. The van der Waals surface area contributed by atoms with E-state index in [0.717, 1.165) is 24.8 Å². The lowest BCUT2D eigenvalue weighted by Gasteiger charge is -2.32. The summed E-state index contributed by atoms with van der Waals surface area (Å²) in [5.41, 5.74) is 4.46. The van der Waals surface area contributed by atoms with Crippen molar-refractivity contribution in [3.05, 3.63) is 68.7 Å². The van der Waals surface area contributed by atoms with E-state index in [2.05, 4.69) is 30.4 Å². The first-order valence-corrected chi connectivity index (χ1v) is 14.5. The van der Waals surface area contributed by atoms with Gasteiger partial charge in [0.2, 0.25) is 15.9 Å². The van der Waals surface area contributed by atoms with Crippen molar-refractivity contribution < 1.29 is 13.2 Å². The van der Waals surface area contributed by atoms with E-state index in [-0.39, 0.29) is 30.2 Å². The number of sulfonamides is 1. The zero-order chi connectivity index (χ0) is 24.3. The quantitative estimate of drug-likeness (QED) is 0.508. The molecule has 2 aliphatic rings. The van der Waals surface area contributed by atoms with Gasteiger partial charge in [-0.2, -0.15) is 0 Å². The van der Waals surface area contributed by atoms with E-state index in [4.69, 9.17) is 23.2 Å². The summed E-state index contributed by atoms with van der Waals surface area (Å²) in [5, 5.41) is 4.00. The molecule has 34 heavy (non-hydrogen) atoms. The van der Waals surface area contributed by atoms with Crippen LogP contribution in [0.2, 0.25) is 10.0 Å². The summed E-state index contributed by atoms with van der Waals surface area (Å²) < 4.78 is 27.6. The maximum Gasteiger partial charge on any atom is 0.224 e. The Balaban J connectivity index is 1.42. The molecule has 0 aromatic heterocycles. The van der Waals surface area contributed by atoms with Crippen LogP contribution in [0.4, 0.5) is 0 Å². The van der Waals surface area contributed by atoms with Crippen molar-refractivity contribution in [3.8, 4) is 0 Å². The van der Waals surface area contributed by atoms with Gasteiger partial charge in [0, 0.05) is 23.1 Å². The van der Waals surface area contributed by atoms with Gasteiger partial charge in [0.05, 0.1) is 17.7 Å². The Kier molecular flexibility index (Phi) is 8.24. The number of fused-ring (bicyclic) bond motifs is 1. The lowest BCUT2D eigenvalue weighted by Crippen LogP contribution is -2.46. The molecule has 1 amide bonds. The van der Waals surface area contributed by atoms with Gasteiger partial charge in [0.15, 0.2) is 0 Å². The Bertz CT molecular complexity index is 1150. The first kappa shape index (κ1) is 25.5. The number of hydrogen-bond acceptors (Lipinski definition) is 3. The number of benzene rings is 2. The van der Waals surface area contributed by atoms with E-state index in [1.165, 1.54) is 28.3 Å². The molecule has 2 atom stereocenters. The number of rotatable bonds is 7. The lowest BCUT2D eigenvalue weighted by atomic mass is 9.88. The standard InChI is InChI=1S/C26H32Cl2N2O3S/c1-2-25(20-10-9-18-6-3-4-7-19(18)14-20)29-26(31)21-8-5-13-30(16-21)34(32,33)17-22-11-12-23(27)15-24(22)28/h9-12,14-15,21,25H,2-8,13,16-17H2,1H3,(H,29,31)/t21-,25-/m0/s1. The number of hydrogen-bond donors (Lipinski definition) is 1. The van der Waals surface area contributed by atoms with Gasteiger partial charge in [0.25, 0.3) is 0 Å². The van der Waals surface area contributed by atoms with Gasteiger partial charge in [-0.3, -0.25) is 4.79 Å². The average molecular weight is 524 g/mol. The van der Waals surface area contributed by atoms with Crippen molar-refractivity contribution in [2.75, 3.05) is 13.1 Å². The third kappa shape index (κ3) is 5.96. The van der Waals surface area contributed by atoms with Gasteiger partial charge >= 0.3 is 0 Å². The predicted molar refractivity (Wildman–Crippen MR) is 138 cm³/mol. The minimum Gasteiger partial charge on any atom is -0.349 e. The van der Waals surface area contributed by atoms with Gasteiger partial charge in [-0.25, -0.2) is 12.7 Å². The van der Waals surface area contributed by atoms with Crippen LogP contribution in [0.3, 0.4) is 0 Å². The Morgan fingerprint density at radius 3 is 2.59 bits per heavy atom. The number of nitrogens with zero attached hydrogens (tertiary/aromatic N) is 1. The fourth-order valence-corrected chi connectivity index (χ4v) is 7.21. The number of amides is 1. The molecule has 0 unspecified atom stereocenters. The topological polar surface area (TPSA) is 66.5 Å². The smallest absolute Gasteiger partial charge is 0.224 e. The van der Waals surface area contributed by atoms with Crippen molar-refractivity contribution in [1.82, 2.24) is 9.62 Å². The number of carbonyl (C=O) groups is 1. The second-order valence-electron chi connectivity index (χ2n) is 9.39. The van der Waals surface area contributed by atoms with Gasteiger partial charge in [-0.05, 0) is 79.3 Å². The van der Waals surface area contributed by atoms with Gasteiger partial charge in [-0.15, -0.1) is 0 Å². The van der Waals surface area contributed by atoms with Crippen LogP contribution in [0.5, 0.6) is 0 Å². The maximum atomic E-state index is 13.2. The second-order valence-corrected chi connectivity index (χ2v) is 12.2. The van der Waals surface area contributed by atoms with Crippen molar-refractivity contribution in [2.45, 2.75) is 63.7 Å². The Morgan fingerprint density at radius 2 is 1.85 bits per heavy atom. The summed E-state index contributed by atoms with van der Waals surface area (Å²) in [5.74, 6) is -0.644. The number of piperidine rings is 1. The van der Waals surface area contributed by atoms with Crippen molar-refractivity contribution in [1.29, 1.82) is 0 Å². The molecule has 0 bridgehead atoms. The van der Waals surface area contributed by atoms with E-state index >= 15 is 0 Å². The first-order chi connectivity index (χ1) is 16.3. The van der Waals surface area contributed by atoms with Crippen LogP contribution < -0.4 is 5.32 Å². The van der Waals surface area contributed by atoms with E-state index in [0.29, 0.717) is 35.0 Å². The minimum atomic E-state index is -3.61. The van der Waals surface area contributed by atoms with Crippen LogP contribution in [0.25, 0.3) is 0 Å². The Hall–Kier alpha value is -1.60. The molecular weight excluding hydrogens is 491 g/mol. The van der Waals surface area contributed by atoms with Crippen molar-refractivity contribution in [3.63, 3.8) is 0 Å². The molecule has 5 nitrogen and oxygen atoms in total. The molecule has 2 aromatic carbocycles. The molecule has 8 heteroatoms. The third-order valence-corrected chi connectivity index (χ3v) is 9.38. The molecule has 1 fully saturated rings. The van der Waals surface area contributed by atoms with E-state index < -0.39 is 10.0 Å². The fraction of sp³-hybridized carbons (Fsp3) is 0.500. The summed E-state index contributed by atoms with van der Waals surface area (Å²) in [4.78, 5) is 13.2. The molecule has 2 aromatic rings. The van der Waals surface area contributed by atoms with Crippen LogP contribution in [-0.2, 0) is 33.4 Å². The molecular formula is C26H32Cl2N2O3S. The van der Waals surface area contributed by atoms with Crippen LogP contribution in [0, 0.1) is 5.92 Å². The molecule has 4 rings (SSSR count). The second kappa shape index (κ2) is 11.0. The molecule has 0 saturated carbocycles. The summed E-state index contributed by atoms with van der Waals surface area (Å²) in [7, 11) is -3.61. The summed E-state index contributed by atoms with van der Waals surface area (Å²) in [6.07, 6.45) is 6.81. The summed E-state index contributed by atoms with van der Waals surface area (Å²) in [6, 6.07) is 11.3. The maximum absolute atomic E-state index is 13.2. The largest absolute Gasteiger partial charge is 0.349 e. The van der Waals surface area contributed by atoms with Crippen molar-refractivity contribution >= 4 is 39.1 Å². The molecule has 1 aliphatic carbocycles. The third-order valence-electron chi connectivity index (χ3n) is 7.00. The van der Waals surface area contributed by atoms with Gasteiger partial charge in [0.1, 0.15) is 0 Å². The molecule has 184 valence electrons. The highest BCUT2D eigenvalue weighted by molar-refractivity contribution is 7.88. The molecule has 0 spiro atoms. The van der Waals surface area contributed by atoms with E-state index in [1.54, 1.807) is 18.2 Å². The number of carbonyl (C=O) groups excluding carboxylic acids is 1. The molecule has 1 aliphatic heterocycles. The van der Waals surface area contributed by atoms with E-state index in [1.807, 2.05) is 0 Å². The zero-order valence-electron chi connectivity index (χ0n) is 19.5. The minimum absolute atomic E-state index is 0.0698. The van der Waals surface area contributed by atoms with Crippen LogP contribution in [0.1, 0.15) is 67.3 Å². The van der Waals surface area contributed by atoms with Crippen LogP contribution in [0.15, 0.2) is 36.4 Å². The first-order valence-electron chi connectivity index (χ1n) is 12.1. The summed E-state index contributed by atoms with van der Waals surface area (Å²) in [6.45, 7) is 2.68. The highest BCUT2D eigenvalue weighted by Gasteiger charge is 2.33. The normalized spacial score (nSPS) is 19.9. The average Bonchev–Trinajstić information content (AvgIpc) is 2.84. The monoisotopic (exact) mass is 522 g/mol. The molecule has 1 heterocycles. The molecule has 1 saturated heterocycles. The number of aryl methyl sites for hydroxylation is 2. The van der Waals surface area contributed by atoms with Crippen molar-refractivity contribution in [2.24, 2.45) is 5.92 Å².